The van der Waals surface area contributed by atoms with Crippen molar-refractivity contribution in [2.75, 3.05) is 38.1 Å². The fourth-order valence-electron chi connectivity index (χ4n) is 2.35. The number of halogens is 4. The molecule has 2 rings (SSSR count). The maximum absolute atomic E-state index is 12.1. The molecule has 21 heavy (non-hydrogen) atoms. The Hall–Kier alpha value is -0.790. The van der Waals surface area contributed by atoms with Gasteiger partial charge < -0.3 is 4.74 Å². The van der Waals surface area contributed by atoms with E-state index in [0.717, 1.165) is 50.2 Å². The summed E-state index contributed by atoms with van der Waals surface area (Å²) in [7, 11) is 0. The standard InChI is InChI=1S/C14H18BrF3N2O/c15-5-6-19-7-9-20(10-8-19)11-12-1-3-13(4-2-12)21-14(16,17)18/h1-4H,5-11H2. The number of hydrogen-bond donors (Lipinski definition) is 0. The molecule has 1 aliphatic rings. The van der Waals surface area contributed by atoms with E-state index in [9.17, 15) is 13.2 Å². The lowest BCUT2D eigenvalue weighted by Crippen LogP contribution is -2.46. The van der Waals surface area contributed by atoms with Crippen LogP contribution >= 0.6 is 15.9 Å². The Morgan fingerprint density at radius 2 is 1.57 bits per heavy atom. The second kappa shape index (κ2) is 7.47. The Morgan fingerprint density at radius 1 is 1.00 bits per heavy atom. The summed E-state index contributed by atoms with van der Waals surface area (Å²) in [6.07, 6.45) is -4.63. The van der Waals surface area contributed by atoms with Gasteiger partial charge in [-0.1, -0.05) is 28.1 Å². The third kappa shape index (κ3) is 5.84. The van der Waals surface area contributed by atoms with Crippen molar-refractivity contribution in [3.63, 3.8) is 0 Å². The molecule has 3 nitrogen and oxygen atoms in total. The van der Waals surface area contributed by atoms with Gasteiger partial charge in [-0.25, -0.2) is 0 Å². The molecule has 0 atom stereocenters. The van der Waals surface area contributed by atoms with E-state index in [4.69, 9.17) is 0 Å². The highest BCUT2D eigenvalue weighted by atomic mass is 79.9. The van der Waals surface area contributed by atoms with Crippen molar-refractivity contribution in [3.8, 4) is 5.75 Å². The molecule has 1 aromatic carbocycles. The Kier molecular flexibility index (Phi) is 5.89. The van der Waals surface area contributed by atoms with Gasteiger partial charge in [0.1, 0.15) is 5.75 Å². The first-order valence-electron chi connectivity index (χ1n) is 6.81. The molecule has 0 N–H and O–H groups in total. The molecule has 1 aliphatic heterocycles. The van der Waals surface area contributed by atoms with Gasteiger partial charge in [0.15, 0.2) is 0 Å². The van der Waals surface area contributed by atoms with Crippen LogP contribution in [0, 0.1) is 0 Å². The molecule has 118 valence electrons. The lowest BCUT2D eigenvalue weighted by Gasteiger charge is -2.34. The zero-order chi connectivity index (χ0) is 15.3. The summed E-state index contributed by atoms with van der Waals surface area (Å²) in [6.45, 7) is 5.83. The molecule has 0 bridgehead atoms. The molecule has 0 saturated carbocycles. The summed E-state index contributed by atoms with van der Waals surface area (Å²) in [5.74, 6) is -0.173. The summed E-state index contributed by atoms with van der Waals surface area (Å²) in [5, 5.41) is 0.980. The van der Waals surface area contributed by atoms with E-state index >= 15 is 0 Å². The molecule has 1 saturated heterocycles. The van der Waals surface area contributed by atoms with Crippen LogP contribution in [0.2, 0.25) is 0 Å². The van der Waals surface area contributed by atoms with Gasteiger partial charge in [0.25, 0.3) is 0 Å². The van der Waals surface area contributed by atoms with Crippen LogP contribution in [-0.4, -0.2) is 54.2 Å². The van der Waals surface area contributed by atoms with Gasteiger partial charge in [-0.2, -0.15) is 0 Å². The van der Waals surface area contributed by atoms with Crippen LogP contribution in [0.4, 0.5) is 13.2 Å². The van der Waals surface area contributed by atoms with Gasteiger partial charge in [-0.15, -0.1) is 13.2 Å². The average molecular weight is 367 g/mol. The summed E-state index contributed by atoms with van der Waals surface area (Å²) in [4.78, 5) is 4.70. The quantitative estimate of drug-likeness (QED) is 0.744. The third-order valence-electron chi connectivity index (χ3n) is 3.43. The van der Waals surface area contributed by atoms with E-state index in [1.54, 1.807) is 12.1 Å². The Balaban J connectivity index is 1.81. The number of ether oxygens (including phenoxy) is 1. The minimum Gasteiger partial charge on any atom is -0.406 e. The van der Waals surface area contributed by atoms with Crippen molar-refractivity contribution in [2.45, 2.75) is 12.9 Å². The summed E-state index contributed by atoms with van der Waals surface area (Å²) >= 11 is 3.43. The van der Waals surface area contributed by atoms with Crippen LogP contribution in [-0.2, 0) is 6.54 Å². The molecule has 0 spiro atoms. The van der Waals surface area contributed by atoms with Gasteiger partial charge >= 0.3 is 6.36 Å². The topological polar surface area (TPSA) is 15.7 Å². The predicted octanol–water partition coefficient (Wildman–Crippen LogP) is 3.10. The molecule has 0 aliphatic carbocycles. The minimum atomic E-state index is -4.63. The number of rotatable bonds is 5. The summed E-state index contributed by atoms with van der Waals surface area (Å²) in [5.41, 5.74) is 0.999. The normalized spacial score (nSPS) is 17.9. The first-order chi connectivity index (χ1) is 9.96. The minimum absolute atomic E-state index is 0.173. The molecule has 0 amide bonds. The van der Waals surface area contributed by atoms with E-state index in [1.807, 2.05) is 0 Å². The fraction of sp³-hybridized carbons (Fsp3) is 0.571. The number of piperazine rings is 1. The van der Waals surface area contributed by atoms with Crippen molar-refractivity contribution in [3.05, 3.63) is 29.8 Å². The monoisotopic (exact) mass is 366 g/mol. The molecule has 0 unspecified atom stereocenters. The summed E-state index contributed by atoms with van der Waals surface area (Å²) in [6, 6.07) is 6.10. The van der Waals surface area contributed by atoms with Crippen molar-refractivity contribution in [2.24, 2.45) is 0 Å². The van der Waals surface area contributed by atoms with E-state index in [-0.39, 0.29) is 5.75 Å². The Bertz CT molecular complexity index is 431. The maximum atomic E-state index is 12.1. The zero-order valence-electron chi connectivity index (χ0n) is 11.6. The van der Waals surface area contributed by atoms with Crippen LogP contribution in [0.25, 0.3) is 0 Å². The smallest absolute Gasteiger partial charge is 0.406 e. The van der Waals surface area contributed by atoms with Crippen LogP contribution in [0.15, 0.2) is 24.3 Å². The highest BCUT2D eigenvalue weighted by molar-refractivity contribution is 9.09. The largest absolute Gasteiger partial charge is 0.573 e. The van der Waals surface area contributed by atoms with E-state index in [1.165, 1.54) is 12.1 Å². The Morgan fingerprint density at radius 3 is 2.10 bits per heavy atom. The van der Waals surface area contributed by atoms with Gasteiger partial charge in [0, 0.05) is 44.6 Å². The van der Waals surface area contributed by atoms with Crippen LogP contribution in [0.1, 0.15) is 5.56 Å². The van der Waals surface area contributed by atoms with Gasteiger partial charge in [0.2, 0.25) is 0 Å². The van der Waals surface area contributed by atoms with Crippen LogP contribution in [0.5, 0.6) is 5.75 Å². The first kappa shape index (κ1) is 16.6. The van der Waals surface area contributed by atoms with Crippen molar-refractivity contribution in [1.82, 2.24) is 9.80 Å². The molecule has 1 fully saturated rings. The number of nitrogens with zero attached hydrogens (tertiary/aromatic N) is 2. The average Bonchev–Trinajstić information content (AvgIpc) is 2.42. The summed E-state index contributed by atoms with van der Waals surface area (Å²) < 4.78 is 40.1. The number of benzene rings is 1. The molecule has 7 heteroatoms. The van der Waals surface area contributed by atoms with Crippen molar-refractivity contribution in [1.29, 1.82) is 0 Å². The van der Waals surface area contributed by atoms with Gasteiger partial charge in [-0.05, 0) is 17.7 Å². The molecule has 1 aromatic rings. The lowest BCUT2D eigenvalue weighted by molar-refractivity contribution is -0.274. The predicted molar refractivity (Wildman–Crippen MR) is 78.6 cm³/mol. The van der Waals surface area contributed by atoms with Crippen molar-refractivity contribution < 1.29 is 17.9 Å². The number of alkyl halides is 4. The van der Waals surface area contributed by atoms with Crippen molar-refractivity contribution >= 4 is 15.9 Å². The zero-order valence-corrected chi connectivity index (χ0v) is 13.2. The van der Waals surface area contributed by atoms with E-state index in [2.05, 4.69) is 30.5 Å². The van der Waals surface area contributed by atoms with E-state index < -0.39 is 6.36 Å². The highest BCUT2D eigenvalue weighted by Gasteiger charge is 2.30. The van der Waals surface area contributed by atoms with Crippen LogP contribution in [0.3, 0.4) is 0 Å². The molecular weight excluding hydrogens is 349 g/mol. The highest BCUT2D eigenvalue weighted by Crippen LogP contribution is 2.23. The van der Waals surface area contributed by atoms with Gasteiger partial charge in [0.05, 0.1) is 0 Å². The molecule has 0 aromatic heterocycles. The van der Waals surface area contributed by atoms with E-state index in [0.29, 0.717) is 0 Å². The number of hydrogen-bond acceptors (Lipinski definition) is 3. The third-order valence-corrected chi connectivity index (χ3v) is 3.78. The second-order valence-corrected chi connectivity index (χ2v) is 5.79. The Labute approximate surface area is 130 Å². The van der Waals surface area contributed by atoms with Gasteiger partial charge in [-0.3, -0.25) is 9.80 Å². The molecule has 0 radical (unpaired) electrons. The van der Waals surface area contributed by atoms with Crippen LogP contribution < -0.4 is 4.74 Å². The molecular formula is C14H18BrF3N2O. The fourth-order valence-corrected chi connectivity index (χ4v) is 2.85. The molecule has 1 heterocycles. The lowest BCUT2D eigenvalue weighted by atomic mass is 10.2. The SMILES string of the molecule is FC(F)(F)Oc1ccc(CN2CCN(CCBr)CC2)cc1. The second-order valence-electron chi connectivity index (χ2n) is 5.00. The first-order valence-corrected chi connectivity index (χ1v) is 7.94. The maximum Gasteiger partial charge on any atom is 0.573 e.